The van der Waals surface area contributed by atoms with E-state index in [0.29, 0.717) is 6.42 Å². The molecule has 1 saturated heterocycles. The van der Waals surface area contributed by atoms with Crippen LogP contribution < -0.4 is 5.32 Å². The lowest BCUT2D eigenvalue weighted by Crippen LogP contribution is -2.61. The molecule has 478 valence electrons. The van der Waals surface area contributed by atoms with Gasteiger partial charge in [-0.2, -0.15) is 8.42 Å². The van der Waals surface area contributed by atoms with Crippen LogP contribution in [0.5, 0.6) is 0 Å². The first-order valence-corrected chi connectivity index (χ1v) is 35.7. The Bertz CT molecular complexity index is 1560. The molecule has 1 amide bonds. The van der Waals surface area contributed by atoms with Crippen molar-refractivity contribution in [3.63, 3.8) is 0 Å². The summed E-state index contributed by atoms with van der Waals surface area (Å²) in [5.41, 5.74) is 0. The normalized spacial score (nSPS) is 18.7. The number of unbranched alkanes of at least 4 members (excludes halogenated alkanes) is 45. The Morgan fingerprint density at radius 3 is 1.17 bits per heavy atom. The third kappa shape index (κ3) is 49.2. The van der Waals surface area contributed by atoms with Gasteiger partial charge in [0.2, 0.25) is 5.91 Å². The molecule has 0 spiro atoms. The van der Waals surface area contributed by atoms with E-state index in [1.165, 1.54) is 263 Å². The lowest BCUT2D eigenvalue weighted by Gasteiger charge is -2.41. The topological polar surface area (TPSA) is 192 Å². The molecule has 1 heterocycles. The molecule has 13 heteroatoms. The molecule has 0 bridgehead atoms. The maximum atomic E-state index is 13.2. The van der Waals surface area contributed by atoms with E-state index in [9.17, 15) is 38.2 Å². The first-order chi connectivity index (χ1) is 39.5. The second-order valence-electron chi connectivity index (χ2n) is 24.1. The van der Waals surface area contributed by atoms with Crippen LogP contribution in [0.2, 0.25) is 0 Å². The molecular formula is C68H129NO11S. The first-order valence-electron chi connectivity index (χ1n) is 34.4. The number of rotatable bonds is 61. The standard InChI is InChI=1S/C68H129NO11S/c1-3-5-7-9-11-13-15-17-19-21-23-25-26-27-28-29-30-31-32-33-34-35-36-38-40-42-44-46-48-50-52-54-56-58-64(72)69-61(60-78-68-66(74)67(80-81(75,76)77)65(73)63(59-70)79-68)62(71)57-55-53-51-49-47-45-43-41-39-37-24-22-20-18-16-14-12-10-8-6-4-2/h23,25,27-28,55,57,61-63,65-68,70-71,73-74H,3-22,24,26,29-54,56,58-60H2,1-2H3,(H,69,72)(H,75,76,77)/b25-23-,28-27-,57-55+. The molecule has 81 heavy (non-hydrogen) atoms. The van der Waals surface area contributed by atoms with Crippen molar-refractivity contribution < 1.29 is 51.8 Å². The summed E-state index contributed by atoms with van der Waals surface area (Å²) in [4.78, 5) is 13.2. The molecule has 1 rings (SSSR count). The summed E-state index contributed by atoms with van der Waals surface area (Å²) >= 11 is 0. The minimum absolute atomic E-state index is 0.257. The van der Waals surface area contributed by atoms with E-state index < -0.39 is 59.9 Å². The maximum absolute atomic E-state index is 13.2. The fraction of sp³-hybridized carbons (Fsp3) is 0.897. The summed E-state index contributed by atoms with van der Waals surface area (Å²) < 4.78 is 48.0. The molecule has 6 N–H and O–H groups in total. The molecule has 1 aliphatic rings. The number of ether oxygens (including phenoxy) is 2. The number of aliphatic hydroxyl groups is 4. The number of carbonyl (C=O) groups is 1. The second kappa shape index (κ2) is 57.4. The van der Waals surface area contributed by atoms with Crippen molar-refractivity contribution in [3.8, 4) is 0 Å². The van der Waals surface area contributed by atoms with Gasteiger partial charge in [0.15, 0.2) is 6.29 Å². The van der Waals surface area contributed by atoms with Gasteiger partial charge in [-0.15, -0.1) is 0 Å². The summed E-state index contributed by atoms with van der Waals surface area (Å²) in [6.45, 7) is 3.45. The Morgan fingerprint density at radius 2 is 0.827 bits per heavy atom. The largest absolute Gasteiger partial charge is 0.397 e. The van der Waals surface area contributed by atoms with E-state index in [2.05, 4.69) is 47.7 Å². The first kappa shape index (κ1) is 77.3. The van der Waals surface area contributed by atoms with Gasteiger partial charge in [-0.05, 0) is 51.4 Å². The van der Waals surface area contributed by atoms with Gasteiger partial charge < -0.3 is 35.2 Å². The Labute approximate surface area is 498 Å². The van der Waals surface area contributed by atoms with Crippen LogP contribution in [0, 0.1) is 0 Å². The van der Waals surface area contributed by atoms with Crippen molar-refractivity contribution in [2.75, 3.05) is 13.2 Å². The van der Waals surface area contributed by atoms with Crippen molar-refractivity contribution >= 4 is 16.3 Å². The van der Waals surface area contributed by atoms with Crippen LogP contribution in [0.1, 0.15) is 335 Å². The summed E-state index contributed by atoms with van der Waals surface area (Å²) in [5.74, 6) is -0.257. The van der Waals surface area contributed by atoms with Gasteiger partial charge >= 0.3 is 10.4 Å². The highest BCUT2D eigenvalue weighted by molar-refractivity contribution is 7.80. The number of nitrogens with one attached hydrogen (secondary N) is 1. The Balaban J connectivity index is 2.24. The summed E-state index contributed by atoms with van der Waals surface area (Å²) in [6, 6.07) is -0.945. The van der Waals surface area contributed by atoms with Gasteiger partial charge in [0.1, 0.15) is 24.4 Å². The molecule has 0 saturated carbocycles. The smallest absolute Gasteiger partial charge is 0.394 e. The highest BCUT2D eigenvalue weighted by Crippen LogP contribution is 2.26. The molecule has 0 aromatic carbocycles. The van der Waals surface area contributed by atoms with E-state index in [4.69, 9.17) is 9.47 Å². The third-order valence-electron chi connectivity index (χ3n) is 16.4. The minimum Gasteiger partial charge on any atom is -0.394 e. The third-order valence-corrected chi connectivity index (χ3v) is 16.9. The summed E-state index contributed by atoms with van der Waals surface area (Å²) in [7, 11) is -5.09. The zero-order chi connectivity index (χ0) is 59.0. The number of amides is 1. The van der Waals surface area contributed by atoms with E-state index in [0.717, 1.165) is 44.9 Å². The van der Waals surface area contributed by atoms with Crippen LogP contribution in [0.4, 0.5) is 0 Å². The fourth-order valence-corrected chi connectivity index (χ4v) is 11.6. The number of hydrogen-bond donors (Lipinski definition) is 6. The van der Waals surface area contributed by atoms with Crippen molar-refractivity contribution in [1.82, 2.24) is 5.32 Å². The van der Waals surface area contributed by atoms with Crippen molar-refractivity contribution in [3.05, 3.63) is 36.5 Å². The molecule has 0 aromatic rings. The van der Waals surface area contributed by atoms with Crippen LogP contribution in [-0.2, 0) is 28.9 Å². The number of aliphatic hydroxyl groups excluding tert-OH is 4. The molecule has 0 radical (unpaired) electrons. The average molecular weight is 1170 g/mol. The van der Waals surface area contributed by atoms with E-state index in [1.54, 1.807) is 6.08 Å². The molecule has 0 aliphatic carbocycles. The van der Waals surface area contributed by atoms with Gasteiger partial charge in [0.25, 0.3) is 0 Å². The van der Waals surface area contributed by atoms with Gasteiger partial charge in [-0.25, -0.2) is 4.18 Å². The van der Waals surface area contributed by atoms with Crippen molar-refractivity contribution in [1.29, 1.82) is 0 Å². The number of allylic oxidation sites excluding steroid dienone is 5. The van der Waals surface area contributed by atoms with Crippen LogP contribution in [-0.4, -0.2) is 95.4 Å². The number of hydrogen-bond acceptors (Lipinski definition) is 10. The highest BCUT2D eigenvalue weighted by Gasteiger charge is 2.48. The predicted molar refractivity (Wildman–Crippen MR) is 338 cm³/mol. The van der Waals surface area contributed by atoms with Crippen LogP contribution in [0.25, 0.3) is 0 Å². The quantitative estimate of drug-likeness (QED) is 0.0193. The van der Waals surface area contributed by atoms with Crippen LogP contribution in [0.3, 0.4) is 0 Å². The highest BCUT2D eigenvalue weighted by atomic mass is 32.3. The molecular weight excluding hydrogens is 1040 g/mol. The molecule has 0 aromatic heterocycles. The fourth-order valence-electron chi connectivity index (χ4n) is 11.1. The monoisotopic (exact) mass is 1170 g/mol. The Morgan fingerprint density at radius 1 is 0.494 bits per heavy atom. The maximum Gasteiger partial charge on any atom is 0.397 e. The van der Waals surface area contributed by atoms with Crippen LogP contribution in [0.15, 0.2) is 36.5 Å². The van der Waals surface area contributed by atoms with Gasteiger partial charge in [-0.1, -0.05) is 314 Å². The Hall–Kier alpha value is -1.68. The van der Waals surface area contributed by atoms with E-state index in [-0.39, 0.29) is 18.9 Å². The second-order valence-corrected chi connectivity index (χ2v) is 25.2. The predicted octanol–water partition coefficient (Wildman–Crippen LogP) is 17.7. The minimum atomic E-state index is -5.09. The molecule has 7 atom stereocenters. The van der Waals surface area contributed by atoms with Gasteiger partial charge in [0, 0.05) is 6.42 Å². The SMILES string of the molecule is CCCCCCCCCCC/C=C\C/C=C\CCCCCCCCCCCCCCCCCCCC(=O)NC(COC1OC(CO)C(O)C(OS(=O)(=O)O)C1O)C(O)/C=C/CCCCCCCCCCCCCCCCCCCCC. The summed E-state index contributed by atoms with van der Waals surface area (Å²) in [6.07, 6.45) is 66.4. The van der Waals surface area contributed by atoms with Crippen molar-refractivity contribution in [2.45, 2.75) is 378 Å². The molecule has 1 aliphatic heterocycles. The Kier molecular flexibility index (Phi) is 54.8. The van der Waals surface area contributed by atoms with E-state index >= 15 is 0 Å². The lowest BCUT2D eigenvalue weighted by atomic mass is 9.99. The molecule has 12 nitrogen and oxygen atoms in total. The number of carbonyl (C=O) groups excluding carboxylic acids is 1. The van der Waals surface area contributed by atoms with Gasteiger partial charge in [-0.3, -0.25) is 9.35 Å². The zero-order valence-electron chi connectivity index (χ0n) is 52.4. The van der Waals surface area contributed by atoms with Crippen molar-refractivity contribution in [2.24, 2.45) is 0 Å². The molecule has 7 unspecified atom stereocenters. The lowest BCUT2D eigenvalue weighted by molar-refractivity contribution is -0.298. The van der Waals surface area contributed by atoms with Gasteiger partial charge in [0.05, 0.1) is 25.4 Å². The zero-order valence-corrected chi connectivity index (χ0v) is 53.2. The average Bonchev–Trinajstić information content (AvgIpc) is 3.50. The molecule has 1 fully saturated rings. The van der Waals surface area contributed by atoms with Crippen LogP contribution >= 0.6 is 0 Å². The summed E-state index contributed by atoms with van der Waals surface area (Å²) in [5, 5.41) is 45.1. The van der Waals surface area contributed by atoms with E-state index in [1.807, 2.05) is 6.08 Å².